The number of hydrogen-bond donors (Lipinski definition) is 0. The Hall–Kier alpha value is -3.66. The average Bonchev–Trinajstić information content (AvgIpc) is 3.62. The third-order valence-electron chi connectivity index (χ3n) is 5.98. The topological polar surface area (TPSA) is 18.5 Å². The van der Waals surface area contributed by atoms with E-state index >= 15 is 0 Å². The van der Waals surface area contributed by atoms with Crippen LogP contribution < -0.4 is 22.5 Å². The van der Waals surface area contributed by atoms with Gasteiger partial charge in [0, 0.05) is 0 Å². The first kappa shape index (κ1) is 23.7. The van der Waals surface area contributed by atoms with E-state index in [1.807, 2.05) is 48.5 Å². The zero-order valence-electron chi connectivity index (χ0n) is 20.2. The minimum atomic E-state index is -1.67. The summed E-state index contributed by atoms with van der Waals surface area (Å²) < 4.78 is 15.3. The van der Waals surface area contributed by atoms with E-state index in [1.165, 1.54) is 22.8 Å². The van der Waals surface area contributed by atoms with Gasteiger partial charge in [-0.05, 0) is 0 Å². The Kier molecular flexibility index (Phi) is 6.65. The molecule has 5 aromatic rings. The second-order valence-corrected chi connectivity index (χ2v) is 14.8. The number of methoxy groups -OCH3 is 2. The van der Waals surface area contributed by atoms with Crippen LogP contribution in [0.5, 0.6) is 11.5 Å². The summed E-state index contributed by atoms with van der Waals surface area (Å²) in [5.41, 5.74) is 1.81. The average molecular weight is 577 g/mol. The number of para-hydroxylation sites is 2. The van der Waals surface area contributed by atoms with Crippen LogP contribution in [-0.4, -0.2) is 28.9 Å². The van der Waals surface area contributed by atoms with Crippen LogP contribution in [0.4, 0.5) is 0 Å². The summed E-state index contributed by atoms with van der Waals surface area (Å²) in [5.74, 6) is 15.1. The van der Waals surface area contributed by atoms with Crippen LogP contribution in [0.25, 0.3) is 9.75 Å². The molecule has 5 heteroatoms. The molecule has 2 nitrogen and oxygen atoms in total. The molecule has 1 aliphatic heterocycles. The molecule has 0 fully saturated rings. The molecule has 0 saturated carbocycles. The number of benzene rings is 3. The van der Waals surface area contributed by atoms with Gasteiger partial charge >= 0.3 is 231 Å². The van der Waals surface area contributed by atoms with Crippen molar-refractivity contribution in [2.75, 3.05) is 14.2 Å². The standard InChI is InChI=1S/C32H21AsO2S2/c1-34-29-14-8-6-10-22(29)16-18-25-20-27-31(36-25)32-28(33(27)24-12-4-3-5-13-24)21-26(37-32)19-17-23-11-7-9-15-30(23)35-2/h3-15,20-21H,1-2H3. The third-order valence-corrected chi connectivity index (χ3v) is 14.1. The van der Waals surface area contributed by atoms with Crippen LogP contribution in [-0.2, 0) is 0 Å². The van der Waals surface area contributed by atoms with Crippen LogP contribution in [0.1, 0.15) is 20.9 Å². The summed E-state index contributed by atoms with van der Waals surface area (Å²) in [6.07, 6.45) is 0. The van der Waals surface area contributed by atoms with Crippen LogP contribution >= 0.6 is 22.7 Å². The van der Waals surface area contributed by atoms with Gasteiger partial charge in [-0.1, -0.05) is 0 Å². The molecule has 1 aliphatic rings. The fourth-order valence-corrected chi connectivity index (χ4v) is 13.6. The Morgan fingerprint density at radius 2 is 1.03 bits per heavy atom. The molecule has 0 spiro atoms. The number of hydrogen-bond acceptors (Lipinski definition) is 4. The van der Waals surface area contributed by atoms with Crippen molar-refractivity contribution in [1.29, 1.82) is 0 Å². The fraction of sp³-hybridized carbons (Fsp3) is 0.0625. The first-order valence-electron chi connectivity index (χ1n) is 11.7. The SMILES string of the molecule is COc1ccccc1C#Cc1cc2c(s1)-c1sc(C#Cc3ccccc3OC)cc1[As]2c1ccccc1. The summed E-state index contributed by atoms with van der Waals surface area (Å²) in [6, 6.07) is 31.4. The van der Waals surface area contributed by atoms with E-state index in [1.54, 1.807) is 36.9 Å². The van der Waals surface area contributed by atoms with E-state index in [0.717, 1.165) is 32.4 Å². The Balaban J connectivity index is 1.42. The van der Waals surface area contributed by atoms with E-state index < -0.39 is 14.7 Å². The predicted octanol–water partition coefficient (Wildman–Crippen LogP) is 5.12. The van der Waals surface area contributed by atoms with Crippen molar-refractivity contribution < 1.29 is 9.47 Å². The quantitative estimate of drug-likeness (QED) is 0.215. The van der Waals surface area contributed by atoms with E-state index in [9.17, 15) is 0 Å². The molecule has 0 amide bonds. The zero-order valence-corrected chi connectivity index (χ0v) is 23.8. The van der Waals surface area contributed by atoms with Gasteiger partial charge in [0.2, 0.25) is 0 Å². The van der Waals surface area contributed by atoms with Gasteiger partial charge in [-0.3, -0.25) is 0 Å². The Morgan fingerprint density at radius 1 is 0.568 bits per heavy atom. The Morgan fingerprint density at radius 3 is 1.51 bits per heavy atom. The number of thiophene rings is 2. The normalized spacial score (nSPS) is 11.5. The maximum atomic E-state index is 5.48. The molecular formula is C32H21AsO2S2. The predicted molar refractivity (Wildman–Crippen MR) is 157 cm³/mol. The molecule has 0 N–H and O–H groups in total. The number of ether oxygens (including phenoxy) is 2. The summed E-state index contributed by atoms with van der Waals surface area (Å²) in [5, 5.41) is 0. The first-order chi connectivity index (χ1) is 18.2. The van der Waals surface area contributed by atoms with Gasteiger partial charge in [-0.15, -0.1) is 0 Å². The molecular weight excluding hydrogens is 555 g/mol. The fourth-order valence-electron chi connectivity index (χ4n) is 4.28. The van der Waals surface area contributed by atoms with Crippen molar-refractivity contribution in [3.63, 3.8) is 0 Å². The monoisotopic (exact) mass is 576 g/mol. The molecule has 37 heavy (non-hydrogen) atoms. The van der Waals surface area contributed by atoms with Crippen LogP contribution in [0.2, 0.25) is 0 Å². The summed E-state index contributed by atoms with van der Waals surface area (Å²) in [7, 11) is 3.37. The van der Waals surface area contributed by atoms with Gasteiger partial charge in [0.1, 0.15) is 0 Å². The van der Waals surface area contributed by atoms with Gasteiger partial charge in [-0.2, -0.15) is 0 Å². The van der Waals surface area contributed by atoms with Crippen LogP contribution in [0, 0.1) is 23.7 Å². The second kappa shape index (κ2) is 10.4. The summed E-state index contributed by atoms with van der Waals surface area (Å²) in [6.45, 7) is 0. The zero-order chi connectivity index (χ0) is 25.2. The van der Waals surface area contributed by atoms with Gasteiger partial charge in [0.25, 0.3) is 0 Å². The van der Waals surface area contributed by atoms with Crippen molar-refractivity contribution in [3.8, 4) is 44.9 Å². The maximum absolute atomic E-state index is 5.48. The van der Waals surface area contributed by atoms with Gasteiger partial charge in [0.05, 0.1) is 0 Å². The summed E-state index contributed by atoms with van der Waals surface area (Å²) in [4.78, 5) is 4.90. The van der Waals surface area contributed by atoms with Crippen LogP contribution in [0.15, 0.2) is 91.0 Å². The van der Waals surface area contributed by atoms with Crippen molar-refractivity contribution in [3.05, 3.63) is 112 Å². The van der Waals surface area contributed by atoms with Crippen molar-refractivity contribution in [1.82, 2.24) is 0 Å². The number of fused-ring (bicyclic) bond motifs is 3. The molecule has 3 aromatic carbocycles. The van der Waals surface area contributed by atoms with Gasteiger partial charge in [0.15, 0.2) is 0 Å². The minimum absolute atomic E-state index is 0.801. The Labute approximate surface area is 229 Å². The molecule has 178 valence electrons. The third kappa shape index (κ3) is 4.61. The molecule has 0 aliphatic carbocycles. The van der Waals surface area contributed by atoms with E-state index in [4.69, 9.17) is 9.47 Å². The molecule has 2 aromatic heterocycles. The molecule has 3 heterocycles. The van der Waals surface area contributed by atoms with Crippen LogP contribution in [0.3, 0.4) is 0 Å². The second-order valence-electron chi connectivity index (χ2n) is 8.22. The molecule has 0 saturated heterocycles. The van der Waals surface area contributed by atoms with Crippen molar-refractivity contribution >= 4 is 50.4 Å². The first-order valence-corrected chi connectivity index (χ1v) is 16.1. The molecule has 0 unspecified atom stereocenters. The Bertz CT molecular complexity index is 1620. The molecule has 0 bridgehead atoms. The van der Waals surface area contributed by atoms with Gasteiger partial charge in [-0.25, -0.2) is 0 Å². The molecule has 0 radical (unpaired) electrons. The van der Waals surface area contributed by atoms with Crippen molar-refractivity contribution in [2.24, 2.45) is 0 Å². The molecule has 6 rings (SSSR count). The van der Waals surface area contributed by atoms with E-state index in [-0.39, 0.29) is 0 Å². The van der Waals surface area contributed by atoms with Gasteiger partial charge < -0.3 is 0 Å². The summed E-state index contributed by atoms with van der Waals surface area (Å²) >= 11 is 1.91. The molecule has 0 atom stereocenters. The van der Waals surface area contributed by atoms with E-state index in [0.29, 0.717) is 0 Å². The van der Waals surface area contributed by atoms with Crippen molar-refractivity contribution in [2.45, 2.75) is 0 Å². The number of rotatable bonds is 3. The van der Waals surface area contributed by atoms with E-state index in [2.05, 4.69) is 66.1 Å².